The summed E-state index contributed by atoms with van der Waals surface area (Å²) in [5.41, 5.74) is 2.23. The number of aliphatic hydroxyl groups excluding tert-OH is 1. The highest BCUT2D eigenvalue weighted by molar-refractivity contribution is 7.90. The number of nitrogens with zero attached hydrogens (tertiary/aromatic N) is 1. The Morgan fingerprint density at radius 2 is 2.00 bits per heavy atom. The van der Waals surface area contributed by atoms with Crippen LogP contribution in [0.3, 0.4) is 0 Å². The number of aryl methyl sites for hydroxylation is 1. The van der Waals surface area contributed by atoms with E-state index in [0.717, 1.165) is 17.7 Å². The van der Waals surface area contributed by atoms with Crippen molar-refractivity contribution < 1.29 is 22.8 Å². The molecule has 0 bridgehead atoms. The summed E-state index contributed by atoms with van der Waals surface area (Å²) in [6.07, 6.45) is 0.971. The fourth-order valence-corrected chi connectivity index (χ4v) is 5.94. The summed E-state index contributed by atoms with van der Waals surface area (Å²) in [5, 5.41) is 13.6. The van der Waals surface area contributed by atoms with E-state index < -0.39 is 27.8 Å². The lowest BCUT2D eigenvalue weighted by molar-refractivity contribution is 0.0308. The van der Waals surface area contributed by atoms with Crippen molar-refractivity contribution in [3.05, 3.63) is 83.2 Å². The van der Waals surface area contributed by atoms with Gasteiger partial charge in [0, 0.05) is 31.0 Å². The molecule has 0 saturated carbocycles. The van der Waals surface area contributed by atoms with Crippen molar-refractivity contribution in [2.24, 2.45) is 7.05 Å². The summed E-state index contributed by atoms with van der Waals surface area (Å²) in [4.78, 5) is 0.300. The molecule has 0 saturated heterocycles. The Bertz CT molecular complexity index is 1260. The van der Waals surface area contributed by atoms with Crippen LogP contribution in [0.5, 0.6) is 0 Å². The van der Waals surface area contributed by atoms with Gasteiger partial charge in [0.25, 0.3) is 0 Å². The normalized spacial score (nSPS) is 22.0. The minimum Gasteiger partial charge on any atom is -0.372 e. The van der Waals surface area contributed by atoms with E-state index >= 15 is 0 Å². The fourth-order valence-electron chi connectivity index (χ4n) is 4.22. The van der Waals surface area contributed by atoms with Crippen LogP contribution in [0.25, 0.3) is 0 Å². The fraction of sp³-hybridized carbons (Fsp3) is 0.333. The van der Waals surface area contributed by atoms with Crippen molar-refractivity contribution in [1.29, 1.82) is 4.78 Å². The topological polar surface area (TPSA) is 99.4 Å². The second kappa shape index (κ2) is 9.83. The largest absolute Gasteiger partial charge is 0.372 e. The van der Waals surface area contributed by atoms with E-state index in [1.54, 1.807) is 17.8 Å². The molecular formula is C24H28F2N4O3S. The van der Waals surface area contributed by atoms with E-state index in [0.29, 0.717) is 35.6 Å². The average molecular weight is 491 g/mol. The third kappa shape index (κ3) is 5.15. The lowest BCUT2D eigenvalue weighted by Gasteiger charge is -2.24. The standard InChI is InChI=1S/C24H28F2N4O3S/c1-15(33-14-16-6-4-3-5-7-16)21-11-9-18-22(34(27,32)29-21)13-30(2)23(18)24(31)28-17-8-10-19(25)20(26)12-17/h3-8,10,12-13,15,21,24,28,31H,9,11,14H2,1-2H3,(H2,27,29,32)/t15-,21-,24?,34?/m1/s1. The van der Waals surface area contributed by atoms with Crippen LogP contribution in [-0.4, -0.2) is 26.0 Å². The van der Waals surface area contributed by atoms with Crippen LogP contribution >= 0.6 is 0 Å². The van der Waals surface area contributed by atoms with Crippen molar-refractivity contribution in [2.45, 2.75) is 49.6 Å². The number of ether oxygens (including phenoxy) is 1. The molecular weight excluding hydrogens is 462 g/mol. The van der Waals surface area contributed by atoms with Gasteiger partial charge in [-0.05, 0) is 43.0 Å². The molecule has 4 N–H and O–H groups in total. The third-order valence-corrected chi connectivity index (χ3v) is 7.64. The van der Waals surface area contributed by atoms with Crippen LogP contribution in [0.1, 0.15) is 36.4 Å². The van der Waals surface area contributed by atoms with E-state index in [1.807, 2.05) is 37.3 Å². The Labute approximate surface area is 197 Å². The summed E-state index contributed by atoms with van der Waals surface area (Å²) in [6.45, 7) is 2.28. The first kappa shape index (κ1) is 24.3. The molecule has 1 aliphatic rings. The van der Waals surface area contributed by atoms with Gasteiger partial charge in [0.05, 0.1) is 23.3 Å². The Hall–Kier alpha value is -2.79. The van der Waals surface area contributed by atoms with E-state index in [1.165, 1.54) is 6.07 Å². The zero-order valence-corrected chi connectivity index (χ0v) is 19.7. The first-order valence-corrected chi connectivity index (χ1v) is 12.5. The highest BCUT2D eigenvalue weighted by Crippen LogP contribution is 2.32. The van der Waals surface area contributed by atoms with Gasteiger partial charge in [-0.3, -0.25) is 0 Å². The molecule has 0 fully saturated rings. The lowest BCUT2D eigenvalue weighted by atomic mass is 10.0. The number of anilines is 1. The molecule has 10 heteroatoms. The molecule has 7 nitrogen and oxygen atoms in total. The van der Waals surface area contributed by atoms with Crippen LogP contribution in [-0.2, 0) is 34.7 Å². The molecule has 1 aliphatic heterocycles. The van der Waals surface area contributed by atoms with Gasteiger partial charge in [-0.25, -0.2) is 22.5 Å². The predicted molar refractivity (Wildman–Crippen MR) is 125 cm³/mol. The van der Waals surface area contributed by atoms with Crippen molar-refractivity contribution in [1.82, 2.24) is 9.29 Å². The van der Waals surface area contributed by atoms with Gasteiger partial charge < -0.3 is 19.7 Å². The monoisotopic (exact) mass is 490 g/mol. The van der Waals surface area contributed by atoms with Gasteiger partial charge in [-0.1, -0.05) is 30.3 Å². The lowest BCUT2D eigenvalue weighted by Crippen LogP contribution is -2.41. The Morgan fingerprint density at radius 3 is 2.71 bits per heavy atom. The molecule has 0 aliphatic carbocycles. The van der Waals surface area contributed by atoms with Crippen LogP contribution in [0.15, 0.2) is 59.6 Å². The van der Waals surface area contributed by atoms with Gasteiger partial charge in [0.15, 0.2) is 17.9 Å². The van der Waals surface area contributed by atoms with Gasteiger partial charge in [-0.2, -0.15) is 0 Å². The number of nitrogens with one attached hydrogen (secondary N) is 3. The van der Waals surface area contributed by atoms with Crippen molar-refractivity contribution in [3.8, 4) is 0 Å². The van der Waals surface area contributed by atoms with E-state index in [2.05, 4.69) is 10.0 Å². The molecule has 0 spiro atoms. The summed E-state index contributed by atoms with van der Waals surface area (Å²) in [5.74, 6) is -2.02. The van der Waals surface area contributed by atoms with Crippen molar-refractivity contribution in [3.63, 3.8) is 0 Å². The number of rotatable bonds is 7. The molecule has 34 heavy (non-hydrogen) atoms. The van der Waals surface area contributed by atoms with Gasteiger partial charge >= 0.3 is 0 Å². The maximum atomic E-state index is 13.6. The molecule has 2 unspecified atom stereocenters. The maximum Gasteiger partial charge on any atom is 0.166 e. The second-order valence-corrected chi connectivity index (χ2v) is 10.3. The second-order valence-electron chi connectivity index (χ2n) is 8.46. The molecule has 2 heterocycles. The smallest absolute Gasteiger partial charge is 0.166 e. The number of hydrogen-bond donors (Lipinski definition) is 4. The van der Waals surface area contributed by atoms with E-state index in [9.17, 15) is 18.1 Å². The zero-order chi connectivity index (χ0) is 24.5. The van der Waals surface area contributed by atoms with Crippen LogP contribution in [0.2, 0.25) is 0 Å². The first-order valence-electron chi connectivity index (χ1n) is 10.9. The number of aromatic nitrogens is 1. The molecule has 3 aromatic rings. The van der Waals surface area contributed by atoms with Gasteiger partial charge in [-0.15, -0.1) is 0 Å². The molecule has 1 aromatic heterocycles. The molecule has 4 atom stereocenters. The highest BCUT2D eigenvalue weighted by Gasteiger charge is 2.33. The van der Waals surface area contributed by atoms with Gasteiger partial charge in [0.1, 0.15) is 9.92 Å². The SMILES string of the molecule is C[C@@H](OCc1ccccc1)[C@H]1CCc2c(cn(C)c2C(O)Nc2ccc(F)c(F)c2)S(=N)(=O)N1. The summed E-state index contributed by atoms with van der Waals surface area (Å²) >= 11 is 0. The summed E-state index contributed by atoms with van der Waals surface area (Å²) in [6, 6.07) is 12.6. The van der Waals surface area contributed by atoms with Gasteiger partial charge in [0.2, 0.25) is 0 Å². The van der Waals surface area contributed by atoms with Crippen LogP contribution in [0.4, 0.5) is 14.5 Å². The number of fused-ring (bicyclic) bond motifs is 1. The zero-order valence-electron chi connectivity index (χ0n) is 18.9. The number of halogens is 2. The summed E-state index contributed by atoms with van der Waals surface area (Å²) < 4.78 is 59.3. The molecule has 4 rings (SSSR count). The Balaban J connectivity index is 1.53. The molecule has 2 aromatic carbocycles. The van der Waals surface area contributed by atoms with Crippen LogP contribution < -0.4 is 10.0 Å². The quantitative estimate of drug-likeness (QED) is 0.373. The van der Waals surface area contributed by atoms with E-state index in [-0.39, 0.29) is 17.8 Å². The highest BCUT2D eigenvalue weighted by atomic mass is 32.2. The number of aliphatic hydroxyl groups is 1. The molecule has 0 amide bonds. The molecule has 182 valence electrons. The van der Waals surface area contributed by atoms with E-state index in [4.69, 9.17) is 9.52 Å². The Morgan fingerprint density at radius 1 is 1.26 bits per heavy atom. The average Bonchev–Trinajstić information content (AvgIpc) is 3.09. The Kier molecular flexibility index (Phi) is 7.04. The number of benzene rings is 2. The maximum absolute atomic E-state index is 13.6. The number of hydrogen-bond acceptors (Lipinski definition) is 5. The minimum atomic E-state index is -3.38. The van der Waals surface area contributed by atoms with Crippen molar-refractivity contribution in [2.75, 3.05) is 5.32 Å². The minimum absolute atomic E-state index is 0.195. The predicted octanol–water partition coefficient (Wildman–Crippen LogP) is 4.24. The first-order chi connectivity index (χ1) is 16.2. The van der Waals surface area contributed by atoms with Crippen molar-refractivity contribution >= 4 is 15.6 Å². The molecule has 0 radical (unpaired) electrons. The summed E-state index contributed by atoms with van der Waals surface area (Å²) in [7, 11) is -1.70. The van der Waals surface area contributed by atoms with Crippen LogP contribution in [0, 0.1) is 16.4 Å². The third-order valence-electron chi connectivity index (χ3n) is 6.03.